The van der Waals surface area contributed by atoms with Gasteiger partial charge >= 0.3 is 12.0 Å². The van der Waals surface area contributed by atoms with Crippen LogP contribution in [0.15, 0.2) is 5.38 Å². The molecule has 2 N–H and O–H groups in total. The molecule has 1 aromatic rings. The number of thiazole rings is 1. The van der Waals surface area contributed by atoms with Crippen LogP contribution in [0.5, 0.6) is 0 Å². The Kier molecular flexibility index (Phi) is 5.29. The summed E-state index contributed by atoms with van der Waals surface area (Å²) in [6.45, 7) is 5.91. The van der Waals surface area contributed by atoms with Gasteiger partial charge in [-0.1, -0.05) is 13.8 Å². The second-order valence-electron chi connectivity index (χ2n) is 4.70. The third-order valence-electron chi connectivity index (χ3n) is 2.52. The second-order valence-corrected chi connectivity index (χ2v) is 5.59. The van der Waals surface area contributed by atoms with Crippen LogP contribution in [0.3, 0.4) is 0 Å². The van der Waals surface area contributed by atoms with Crippen LogP contribution in [-0.2, 0) is 11.3 Å². The van der Waals surface area contributed by atoms with Crippen molar-refractivity contribution in [1.29, 1.82) is 0 Å². The molecule has 106 valence electrons. The topological polar surface area (TPSA) is 82.5 Å². The molecule has 19 heavy (non-hydrogen) atoms. The van der Waals surface area contributed by atoms with E-state index in [4.69, 9.17) is 5.11 Å². The summed E-state index contributed by atoms with van der Waals surface area (Å²) in [7, 11) is 1.61. The van der Waals surface area contributed by atoms with E-state index in [2.05, 4.69) is 24.1 Å². The molecule has 0 unspecified atom stereocenters. The molecular weight excluding hydrogens is 266 g/mol. The molecule has 7 heteroatoms. The number of urea groups is 1. The third-order valence-corrected chi connectivity index (χ3v) is 3.71. The summed E-state index contributed by atoms with van der Waals surface area (Å²) in [5.41, 5.74) is 0.814. The van der Waals surface area contributed by atoms with Crippen molar-refractivity contribution in [3.8, 4) is 0 Å². The molecule has 1 atom stereocenters. The lowest BCUT2D eigenvalue weighted by molar-refractivity contribution is -0.138. The standard InChI is InChI=1S/C12H19N3O3S/c1-7(2)10-14-9(6-19-10)5-15(4)12(18)13-8(3)11(16)17/h6-8H,5H2,1-4H3,(H,13,18)(H,16,17)/t8-/m0/s1. The fraction of sp³-hybridized carbons (Fsp3) is 0.583. The first-order valence-electron chi connectivity index (χ1n) is 6.00. The van der Waals surface area contributed by atoms with E-state index >= 15 is 0 Å². The van der Waals surface area contributed by atoms with Crippen molar-refractivity contribution in [3.63, 3.8) is 0 Å². The van der Waals surface area contributed by atoms with Crippen molar-refractivity contribution in [2.24, 2.45) is 0 Å². The van der Waals surface area contributed by atoms with Crippen LogP contribution in [0, 0.1) is 0 Å². The largest absolute Gasteiger partial charge is 0.480 e. The minimum absolute atomic E-state index is 0.362. The van der Waals surface area contributed by atoms with Gasteiger partial charge in [0.2, 0.25) is 0 Å². The molecule has 0 spiro atoms. The van der Waals surface area contributed by atoms with E-state index in [1.807, 2.05) is 5.38 Å². The third kappa shape index (κ3) is 4.51. The Morgan fingerprint density at radius 3 is 2.58 bits per heavy atom. The summed E-state index contributed by atoms with van der Waals surface area (Å²) in [4.78, 5) is 28.2. The number of aliphatic carboxylic acids is 1. The number of carboxylic acids is 1. The number of rotatable bonds is 5. The number of carbonyl (C=O) groups is 2. The molecule has 2 amide bonds. The highest BCUT2D eigenvalue weighted by Crippen LogP contribution is 2.19. The van der Waals surface area contributed by atoms with Gasteiger partial charge in [0.15, 0.2) is 0 Å². The molecular formula is C12H19N3O3S. The van der Waals surface area contributed by atoms with E-state index in [9.17, 15) is 9.59 Å². The van der Waals surface area contributed by atoms with Crippen LogP contribution in [-0.4, -0.2) is 40.1 Å². The monoisotopic (exact) mass is 285 g/mol. The molecule has 1 heterocycles. The molecule has 0 radical (unpaired) electrons. The number of aromatic nitrogens is 1. The Bertz CT molecular complexity index is 459. The average Bonchev–Trinajstić information content (AvgIpc) is 2.77. The molecule has 1 aromatic heterocycles. The van der Waals surface area contributed by atoms with Gasteiger partial charge in [-0.05, 0) is 6.92 Å². The van der Waals surface area contributed by atoms with Crippen molar-refractivity contribution >= 4 is 23.3 Å². The van der Waals surface area contributed by atoms with Crippen LogP contribution in [0.2, 0.25) is 0 Å². The second kappa shape index (κ2) is 6.51. The predicted molar refractivity (Wildman–Crippen MR) is 73.3 cm³/mol. The Balaban J connectivity index is 2.56. The summed E-state index contributed by atoms with van der Waals surface area (Å²) in [5.74, 6) is -0.692. The normalized spacial score (nSPS) is 12.3. The van der Waals surface area contributed by atoms with E-state index in [0.29, 0.717) is 12.5 Å². The zero-order valence-corrected chi connectivity index (χ0v) is 12.3. The minimum atomic E-state index is -1.06. The van der Waals surface area contributed by atoms with Gasteiger partial charge in [0.1, 0.15) is 6.04 Å². The number of hydrogen-bond donors (Lipinski definition) is 2. The van der Waals surface area contributed by atoms with Crippen LogP contribution >= 0.6 is 11.3 Å². The van der Waals surface area contributed by atoms with Crippen molar-refractivity contribution < 1.29 is 14.7 Å². The van der Waals surface area contributed by atoms with E-state index in [-0.39, 0.29) is 0 Å². The molecule has 0 aliphatic heterocycles. The first-order valence-corrected chi connectivity index (χ1v) is 6.88. The van der Waals surface area contributed by atoms with Crippen molar-refractivity contribution in [3.05, 3.63) is 16.1 Å². The van der Waals surface area contributed by atoms with Gasteiger partial charge in [-0.2, -0.15) is 0 Å². The number of carbonyl (C=O) groups excluding carboxylic acids is 1. The Morgan fingerprint density at radius 2 is 2.11 bits per heavy atom. The number of carboxylic acid groups (broad SMARTS) is 1. The number of amides is 2. The zero-order valence-electron chi connectivity index (χ0n) is 11.5. The average molecular weight is 285 g/mol. The predicted octanol–water partition coefficient (Wildman–Crippen LogP) is 1.88. The molecule has 0 aromatic carbocycles. The molecule has 0 saturated heterocycles. The molecule has 0 saturated carbocycles. The van der Waals surface area contributed by atoms with E-state index in [1.165, 1.54) is 11.8 Å². The molecule has 0 fully saturated rings. The molecule has 0 aliphatic carbocycles. The maximum absolute atomic E-state index is 11.7. The first-order chi connectivity index (χ1) is 8.81. The quantitative estimate of drug-likeness (QED) is 0.865. The molecule has 0 bridgehead atoms. The molecule has 1 rings (SSSR count). The molecule has 6 nitrogen and oxygen atoms in total. The fourth-order valence-corrected chi connectivity index (χ4v) is 2.16. The summed E-state index contributed by atoms with van der Waals surface area (Å²) >= 11 is 1.57. The summed E-state index contributed by atoms with van der Waals surface area (Å²) in [6, 6.07) is -1.33. The Labute approximate surface area is 116 Å². The smallest absolute Gasteiger partial charge is 0.325 e. The summed E-state index contributed by atoms with van der Waals surface area (Å²) in [6.07, 6.45) is 0. The number of nitrogens with zero attached hydrogens (tertiary/aromatic N) is 2. The minimum Gasteiger partial charge on any atom is -0.480 e. The lowest BCUT2D eigenvalue weighted by atomic mass is 10.2. The van der Waals surface area contributed by atoms with E-state index < -0.39 is 18.0 Å². The maximum atomic E-state index is 11.7. The van der Waals surface area contributed by atoms with Crippen LogP contribution in [0.4, 0.5) is 4.79 Å². The van der Waals surface area contributed by atoms with Gasteiger partial charge in [0.25, 0.3) is 0 Å². The van der Waals surface area contributed by atoms with Crippen molar-refractivity contribution in [2.45, 2.75) is 39.3 Å². The first kappa shape index (κ1) is 15.4. The van der Waals surface area contributed by atoms with Gasteiger partial charge in [0.05, 0.1) is 17.2 Å². The SMILES string of the molecule is CC(C)c1nc(CN(C)C(=O)N[C@@H](C)C(=O)O)cs1. The van der Waals surface area contributed by atoms with Crippen LogP contribution in [0.1, 0.15) is 37.4 Å². The highest BCUT2D eigenvalue weighted by atomic mass is 32.1. The van der Waals surface area contributed by atoms with Gasteiger partial charge in [-0.3, -0.25) is 4.79 Å². The lowest BCUT2D eigenvalue weighted by Gasteiger charge is -2.18. The highest BCUT2D eigenvalue weighted by Gasteiger charge is 2.17. The fourth-order valence-electron chi connectivity index (χ4n) is 1.33. The van der Waals surface area contributed by atoms with Crippen LogP contribution in [0.25, 0.3) is 0 Å². The number of hydrogen-bond acceptors (Lipinski definition) is 4. The van der Waals surface area contributed by atoms with Gasteiger partial charge in [0, 0.05) is 18.3 Å². The van der Waals surface area contributed by atoms with Gasteiger partial charge < -0.3 is 15.3 Å². The Morgan fingerprint density at radius 1 is 1.47 bits per heavy atom. The summed E-state index contributed by atoms with van der Waals surface area (Å²) in [5, 5.41) is 14.1. The molecule has 0 aliphatic rings. The summed E-state index contributed by atoms with van der Waals surface area (Å²) < 4.78 is 0. The van der Waals surface area contributed by atoms with Crippen LogP contribution < -0.4 is 5.32 Å². The van der Waals surface area contributed by atoms with Crippen molar-refractivity contribution in [1.82, 2.24) is 15.2 Å². The zero-order chi connectivity index (χ0) is 14.6. The maximum Gasteiger partial charge on any atom is 0.325 e. The number of nitrogens with one attached hydrogen (secondary N) is 1. The lowest BCUT2D eigenvalue weighted by Crippen LogP contribution is -2.44. The van der Waals surface area contributed by atoms with E-state index in [0.717, 1.165) is 10.7 Å². The van der Waals surface area contributed by atoms with Gasteiger partial charge in [-0.25, -0.2) is 9.78 Å². The Hall–Kier alpha value is -1.63. The van der Waals surface area contributed by atoms with E-state index in [1.54, 1.807) is 18.4 Å². The van der Waals surface area contributed by atoms with Gasteiger partial charge in [-0.15, -0.1) is 11.3 Å². The highest BCUT2D eigenvalue weighted by molar-refractivity contribution is 7.09. The van der Waals surface area contributed by atoms with Crippen molar-refractivity contribution in [2.75, 3.05) is 7.05 Å².